The molecule has 0 unspecified atom stereocenters. The molecule has 0 radical (unpaired) electrons. The molecular formula is C21H24N4O2. The van der Waals surface area contributed by atoms with Gasteiger partial charge in [-0.2, -0.15) is 0 Å². The molecule has 0 saturated carbocycles. The molecule has 140 valence electrons. The maximum atomic E-state index is 12.6. The van der Waals surface area contributed by atoms with Crippen LogP contribution in [0.1, 0.15) is 29.5 Å². The highest BCUT2D eigenvalue weighted by atomic mass is 16.5. The van der Waals surface area contributed by atoms with Gasteiger partial charge in [0.15, 0.2) is 0 Å². The van der Waals surface area contributed by atoms with Crippen LogP contribution < -0.4 is 10.1 Å². The Bertz CT molecular complexity index is 979. The van der Waals surface area contributed by atoms with Crippen LogP contribution in [0.5, 0.6) is 5.75 Å². The molecule has 2 aromatic carbocycles. The van der Waals surface area contributed by atoms with Crippen molar-refractivity contribution in [1.82, 2.24) is 14.5 Å². The number of carbonyl (C=O) groups excluding carboxylic acids is 1. The average Bonchev–Trinajstić information content (AvgIpc) is 3.05. The summed E-state index contributed by atoms with van der Waals surface area (Å²) in [7, 11) is 1.57. The van der Waals surface area contributed by atoms with Gasteiger partial charge < -0.3 is 14.6 Å². The number of carbonyl (C=O) groups is 1. The van der Waals surface area contributed by atoms with Gasteiger partial charge in [0.05, 0.1) is 30.3 Å². The van der Waals surface area contributed by atoms with Crippen LogP contribution in [0.2, 0.25) is 0 Å². The number of nitrogens with one attached hydrogen (secondary N) is 1. The molecule has 0 spiro atoms. The normalized spacial score (nSPS) is 14.1. The molecule has 27 heavy (non-hydrogen) atoms. The van der Waals surface area contributed by atoms with Crippen molar-refractivity contribution < 1.29 is 9.53 Å². The van der Waals surface area contributed by atoms with E-state index in [-0.39, 0.29) is 5.91 Å². The lowest BCUT2D eigenvalue weighted by Gasteiger charge is -2.27. The molecule has 0 atom stereocenters. The fraction of sp³-hybridized carbons (Fsp3) is 0.333. The molecule has 1 aromatic heterocycles. The van der Waals surface area contributed by atoms with Gasteiger partial charge in [-0.1, -0.05) is 19.1 Å². The van der Waals surface area contributed by atoms with Crippen molar-refractivity contribution in [2.45, 2.75) is 26.4 Å². The number of methoxy groups -OCH3 is 1. The van der Waals surface area contributed by atoms with Crippen LogP contribution in [0.3, 0.4) is 0 Å². The van der Waals surface area contributed by atoms with E-state index in [0.717, 1.165) is 55.1 Å². The van der Waals surface area contributed by atoms with Crippen LogP contribution >= 0.6 is 0 Å². The smallest absolute Gasteiger partial charge is 0.259 e. The van der Waals surface area contributed by atoms with E-state index in [1.54, 1.807) is 19.2 Å². The number of hydrogen-bond donors (Lipinski definition) is 1. The van der Waals surface area contributed by atoms with Crippen molar-refractivity contribution in [3.63, 3.8) is 0 Å². The molecule has 0 saturated heterocycles. The SMILES string of the molecule is CCCN1CCn2c(nc3cc(NC(=O)c4ccccc4OC)ccc32)C1. The van der Waals surface area contributed by atoms with Crippen molar-refractivity contribution in [2.24, 2.45) is 0 Å². The first-order valence-corrected chi connectivity index (χ1v) is 9.35. The topological polar surface area (TPSA) is 59.4 Å². The summed E-state index contributed by atoms with van der Waals surface area (Å²) in [6.07, 6.45) is 1.15. The van der Waals surface area contributed by atoms with Crippen LogP contribution in [0, 0.1) is 0 Å². The van der Waals surface area contributed by atoms with Gasteiger partial charge in [0.2, 0.25) is 0 Å². The highest BCUT2D eigenvalue weighted by Crippen LogP contribution is 2.25. The first kappa shape index (κ1) is 17.5. The molecule has 6 heteroatoms. The van der Waals surface area contributed by atoms with E-state index in [1.807, 2.05) is 30.3 Å². The van der Waals surface area contributed by atoms with Gasteiger partial charge >= 0.3 is 0 Å². The fourth-order valence-corrected chi connectivity index (χ4v) is 3.69. The summed E-state index contributed by atoms with van der Waals surface area (Å²) in [5.41, 5.74) is 3.29. The van der Waals surface area contributed by atoms with Gasteiger partial charge in [0.25, 0.3) is 5.91 Å². The van der Waals surface area contributed by atoms with E-state index in [1.165, 1.54) is 0 Å². The summed E-state index contributed by atoms with van der Waals surface area (Å²) in [6, 6.07) is 13.1. The monoisotopic (exact) mass is 364 g/mol. The molecule has 1 aliphatic heterocycles. The van der Waals surface area contributed by atoms with Crippen molar-refractivity contribution >= 4 is 22.6 Å². The second-order valence-electron chi connectivity index (χ2n) is 6.81. The summed E-state index contributed by atoms with van der Waals surface area (Å²) < 4.78 is 7.56. The van der Waals surface area contributed by atoms with E-state index >= 15 is 0 Å². The fourth-order valence-electron chi connectivity index (χ4n) is 3.69. The van der Waals surface area contributed by atoms with Crippen LogP contribution in [0.4, 0.5) is 5.69 Å². The van der Waals surface area contributed by atoms with Crippen LogP contribution in [0.15, 0.2) is 42.5 Å². The summed E-state index contributed by atoms with van der Waals surface area (Å²) in [6.45, 7) is 6.19. The number of benzene rings is 2. The summed E-state index contributed by atoms with van der Waals surface area (Å²) in [4.78, 5) is 19.9. The molecule has 6 nitrogen and oxygen atoms in total. The number of imidazole rings is 1. The molecule has 0 bridgehead atoms. The first-order valence-electron chi connectivity index (χ1n) is 9.35. The maximum Gasteiger partial charge on any atom is 0.259 e. The summed E-state index contributed by atoms with van der Waals surface area (Å²) in [5, 5.41) is 2.96. The number of hydrogen-bond acceptors (Lipinski definition) is 4. The highest BCUT2D eigenvalue weighted by molar-refractivity contribution is 6.06. The largest absolute Gasteiger partial charge is 0.496 e. The van der Waals surface area contributed by atoms with Crippen molar-refractivity contribution in [3.05, 3.63) is 53.9 Å². The molecule has 0 aliphatic carbocycles. The molecular weight excluding hydrogens is 340 g/mol. The standard InChI is InChI=1S/C21H24N4O2/c1-3-10-24-11-12-25-18-9-8-15(13-17(18)23-20(25)14-24)22-21(26)16-6-4-5-7-19(16)27-2/h4-9,13H,3,10-12,14H2,1-2H3,(H,22,26). The lowest BCUT2D eigenvalue weighted by atomic mass is 10.2. The number of ether oxygens (including phenoxy) is 1. The van der Waals surface area contributed by atoms with Crippen molar-refractivity contribution in [3.8, 4) is 5.75 Å². The molecule has 0 fully saturated rings. The Hall–Kier alpha value is -2.86. The number of amides is 1. The predicted molar refractivity (Wildman–Crippen MR) is 106 cm³/mol. The molecule has 1 aliphatic rings. The minimum Gasteiger partial charge on any atom is -0.496 e. The van der Waals surface area contributed by atoms with Crippen molar-refractivity contribution in [2.75, 3.05) is 25.5 Å². The lowest BCUT2D eigenvalue weighted by molar-refractivity contribution is 0.102. The number of nitrogens with zero attached hydrogens (tertiary/aromatic N) is 3. The maximum absolute atomic E-state index is 12.6. The van der Waals surface area contributed by atoms with Crippen LogP contribution in [-0.4, -0.2) is 40.6 Å². The molecule has 4 rings (SSSR count). The third-order valence-electron chi connectivity index (χ3n) is 4.98. The zero-order chi connectivity index (χ0) is 18.8. The van der Waals surface area contributed by atoms with Gasteiger partial charge in [-0.25, -0.2) is 4.98 Å². The zero-order valence-corrected chi connectivity index (χ0v) is 15.7. The third kappa shape index (κ3) is 3.40. The molecule has 3 aromatic rings. The molecule has 1 amide bonds. The Morgan fingerprint density at radius 1 is 1.22 bits per heavy atom. The number of aromatic nitrogens is 2. The van der Waals surface area contributed by atoms with Gasteiger partial charge in [0, 0.05) is 18.8 Å². The second kappa shape index (κ2) is 7.40. The number of fused-ring (bicyclic) bond motifs is 3. The zero-order valence-electron chi connectivity index (χ0n) is 15.7. The minimum atomic E-state index is -0.190. The van der Waals surface area contributed by atoms with Gasteiger partial charge in [0.1, 0.15) is 11.6 Å². The third-order valence-corrected chi connectivity index (χ3v) is 4.98. The van der Waals surface area contributed by atoms with E-state index in [2.05, 4.69) is 21.7 Å². The van der Waals surface area contributed by atoms with Gasteiger partial charge in [-0.15, -0.1) is 0 Å². The van der Waals surface area contributed by atoms with Crippen LogP contribution in [-0.2, 0) is 13.1 Å². The second-order valence-corrected chi connectivity index (χ2v) is 6.81. The number of anilines is 1. The molecule has 2 heterocycles. The van der Waals surface area contributed by atoms with Gasteiger partial charge in [-0.3, -0.25) is 9.69 Å². The van der Waals surface area contributed by atoms with Gasteiger partial charge in [-0.05, 0) is 43.3 Å². The average molecular weight is 364 g/mol. The Kier molecular flexibility index (Phi) is 4.81. The van der Waals surface area contributed by atoms with E-state index in [9.17, 15) is 4.79 Å². The Morgan fingerprint density at radius 3 is 2.89 bits per heavy atom. The van der Waals surface area contributed by atoms with Crippen molar-refractivity contribution in [1.29, 1.82) is 0 Å². The van der Waals surface area contributed by atoms with E-state index < -0.39 is 0 Å². The Labute approximate surface area is 158 Å². The number of para-hydroxylation sites is 1. The summed E-state index contributed by atoms with van der Waals surface area (Å²) in [5.74, 6) is 1.47. The quantitative estimate of drug-likeness (QED) is 0.752. The summed E-state index contributed by atoms with van der Waals surface area (Å²) >= 11 is 0. The predicted octanol–water partition coefficient (Wildman–Crippen LogP) is 3.52. The first-order chi connectivity index (χ1) is 13.2. The van der Waals surface area contributed by atoms with Crippen LogP contribution in [0.25, 0.3) is 11.0 Å². The minimum absolute atomic E-state index is 0.190. The Morgan fingerprint density at radius 2 is 2.07 bits per heavy atom. The van der Waals surface area contributed by atoms with E-state index in [0.29, 0.717) is 11.3 Å². The van der Waals surface area contributed by atoms with E-state index in [4.69, 9.17) is 9.72 Å². The lowest BCUT2D eigenvalue weighted by Crippen LogP contribution is -2.34. The molecule has 1 N–H and O–H groups in total. The number of rotatable bonds is 5. The highest BCUT2D eigenvalue weighted by Gasteiger charge is 2.20. The Balaban J connectivity index is 1.58.